The summed E-state index contributed by atoms with van der Waals surface area (Å²) in [5, 5.41) is 3.01. The topological polar surface area (TPSA) is 55.4 Å². The number of fused-ring (bicyclic) bond motifs is 1. The zero-order valence-corrected chi connectivity index (χ0v) is 15.3. The van der Waals surface area contributed by atoms with Crippen molar-refractivity contribution in [1.29, 1.82) is 0 Å². The molecule has 2 unspecified atom stereocenters. The van der Waals surface area contributed by atoms with Gasteiger partial charge in [-0.25, -0.2) is 0 Å². The molecular formula is C22H25NO3. The van der Waals surface area contributed by atoms with Crippen LogP contribution in [-0.2, 0) is 19.7 Å². The molecule has 0 heterocycles. The molecule has 0 fully saturated rings. The number of likely N-dealkylation sites (N-methyl/N-ethyl adjacent to an activating group) is 1. The normalized spacial score (nSPS) is 21.5. The average Bonchev–Trinajstić information content (AvgIpc) is 2.68. The zero-order chi connectivity index (χ0) is 18.6. The largest absolute Gasteiger partial charge is 0.466 e. The molecule has 0 spiro atoms. The van der Waals surface area contributed by atoms with Gasteiger partial charge in [-0.2, -0.15) is 0 Å². The van der Waals surface area contributed by atoms with Crippen molar-refractivity contribution >= 4 is 11.9 Å². The molecule has 2 aromatic rings. The van der Waals surface area contributed by atoms with Gasteiger partial charge >= 0.3 is 5.97 Å². The predicted molar refractivity (Wildman–Crippen MR) is 101 cm³/mol. The summed E-state index contributed by atoms with van der Waals surface area (Å²) in [4.78, 5) is 25.7. The molecule has 26 heavy (non-hydrogen) atoms. The first kappa shape index (κ1) is 18.2. The Morgan fingerprint density at radius 2 is 1.77 bits per heavy atom. The second kappa shape index (κ2) is 7.73. The van der Waals surface area contributed by atoms with E-state index in [0.29, 0.717) is 26.0 Å². The Kier molecular flexibility index (Phi) is 5.40. The third kappa shape index (κ3) is 3.00. The van der Waals surface area contributed by atoms with Crippen molar-refractivity contribution in [2.75, 3.05) is 13.2 Å². The van der Waals surface area contributed by atoms with E-state index in [9.17, 15) is 9.59 Å². The maximum absolute atomic E-state index is 13.3. The van der Waals surface area contributed by atoms with Gasteiger partial charge in [0.2, 0.25) is 5.91 Å². The summed E-state index contributed by atoms with van der Waals surface area (Å²) in [7, 11) is 0. The standard InChI is InChI=1S/C22H25NO3/c1-3-23-21(25)22(16-10-6-5-7-11-16)15-14-18(20(24)26-4-2)17-12-8-9-13-19(17)22/h5-13,18H,3-4,14-15H2,1-2H3,(H,23,25). The molecule has 1 aliphatic carbocycles. The van der Waals surface area contributed by atoms with Crippen molar-refractivity contribution in [3.05, 3.63) is 71.3 Å². The molecule has 3 rings (SSSR count). The summed E-state index contributed by atoms with van der Waals surface area (Å²) in [6.07, 6.45) is 1.16. The van der Waals surface area contributed by atoms with Crippen molar-refractivity contribution in [3.63, 3.8) is 0 Å². The Morgan fingerprint density at radius 1 is 1.08 bits per heavy atom. The molecule has 2 aromatic carbocycles. The molecule has 4 heteroatoms. The first-order chi connectivity index (χ1) is 12.6. The van der Waals surface area contributed by atoms with E-state index in [0.717, 1.165) is 16.7 Å². The first-order valence-corrected chi connectivity index (χ1v) is 9.25. The fraction of sp³-hybridized carbons (Fsp3) is 0.364. The summed E-state index contributed by atoms with van der Waals surface area (Å²) < 4.78 is 5.28. The minimum atomic E-state index is -0.781. The summed E-state index contributed by atoms with van der Waals surface area (Å²) in [5.41, 5.74) is 1.98. The van der Waals surface area contributed by atoms with Crippen LogP contribution in [0.4, 0.5) is 0 Å². The van der Waals surface area contributed by atoms with Gasteiger partial charge in [-0.15, -0.1) is 0 Å². The Morgan fingerprint density at radius 3 is 2.46 bits per heavy atom. The van der Waals surface area contributed by atoms with E-state index in [1.807, 2.05) is 68.4 Å². The number of benzene rings is 2. The van der Waals surface area contributed by atoms with Gasteiger partial charge in [-0.1, -0.05) is 54.6 Å². The molecule has 1 N–H and O–H groups in total. The van der Waals surface area contributed by atoms with Crippen molar-refractivity contribution in [2.24, 2.45) is 0 Å². The van der Waals surface area contributed by atoms with Gasteiger partial charge in [0.25, 0.3) is 0 Å². The second-order valence-corrected chi connectivity index (χ2v) is 6.56. The van der Waals surface area contributed by atoms with Gasteiger partial charge in [0, 0.05) is 6.54 Å². The van der Waals surface area contributed by atoms with E-state index in [1.54, 1.807) is 0 Å². The molecule has 0 bridgehead atoms. The molecule has 0 radical (unpaired) electrons. The molecular weight excluding hydrogens is 326 g/mol. The van der Waals surface area contributed by atoms with Gasteiger partial charge in [-0.05, 0) is 43.4 Å². The molecule has 2 atom stereocenters. The van der Waals surface area contributed by atoms with Crippen LogP contribution in [0.3, 0.4) is 0 Å². The lowest BCUT2D eigenvalue weighted by Gasteiger charge is -2.40. The van der Waals surface area contributed by atoms with Gasteiger partial charge in [0.1, 0.15) is 0 Å². The number of esters is 1. The highest BCUT2D eigenvalue weighted by Gasteiger charge is 2.48. The van der Waals surface area contributed by atoms with Crippen LogP contribution in [0.25, 0.3) is 0 Å². The molecule has 0 saturated carbocycles. The van der Waals surface area contributed by atoms with Crippen LogP contribution >= 0.6 is 0 Å². The van der Waals surface area contributed by atoms with Crippen LogP contribution in [0.1, 0.15) is 49.3 Å². The Hall–Kier alpha value is -2.62. The minimum absolute atomic E-state index is 0.0130. The summed E-state index contributed by atoms with van der Waals surface area (Å²) in [6, 6.07) is 17.6. The number of hydrogen-bond donors (Lipinski definition) is 1. The molecule has 0 aromatic heterocycles. The van der Waals surface area contributed by atoms with Crippen LogP contribution in [-0.4, -0.2) is 25.0 Å². The highest BCUT2D eigenvalue weighted by atomic mass is 16.5. The smallest absolute Gasteiger partial charge is 0.313 e. The number of amides is 1. The van der Waals surface area contributed by atoms with Crippen molar-refractivity contribution < 1.29 is 14.3 Å². The maximum Gasteiger partial charge on any atom is 0.313 e. The van der Waals surface area contributed by atoms with Gasteiger partial charge in [0.15, 0.2) is 0 Å². The summed E-state index contributed by atoms with van der Waals surface area (Å²) in [6.45, 7) is 4.66. The molecule has 1 aliphatic rings. The van der Waals surface area contributed by atoms with Gasteiger partial charge in [0.05, 0.1) is 17.9 Å². The maximum atomic E-state index is 13.3. The number of ether oxygens (including phenoxy) is 1. The van der Waals surface area contributed by atoms with E-state index in [1.165, 1.54) is 0 Å². The van der Waals surface area contributed by atoms with E-state index in [-0.39, 0.29) is 17.8 Å². The van der Waals surface area contributed by atoms with Crippen LogP contribution in [0.2, 0.25) is 0 Å². The predicted octanol–water partition coefficient (Wildman–Crippen LogP) is 3.55. The Labute approximate surface area is 154 Å². The fourth-order valence-electron chi connectivity index (χ4n) is 4.03. The fourth-order valence-corrected chi connectivity index (χ4v) is 4.03. The second-order valence-electron chi connectivity index (χ2n) is 6.56. The third-order valence-corrected chi connectivity index (χ3v) is 5.17. The monoisotopic (exact) mass is 351 g/mol. The van der Waals surface area contributed by atoms with Crippen molar-refractivity contribution in [3.8, 4) is 0 Å². The van der Waals surface area contributed by atoms with Crippen molar-refractivity contribution in [1.82, 2.24) is 5.32 Å². The molecule has 0 aliphatic heterocycles. The van der Waals surface area contributed by atoms with Crippen LogP contribution in [0.5, 0.6) is 0 Å². The van der Waals surface area contributed by atoms with Crippen LogP contribution in [0, 0.1) is 0 Å². The van der Waals surface area contributed by atoms with Crippen LogP contribution < -0.4 is 5.32 Å². The lowest BCUT2D eigenvalue weighted by atomic mass is 9.62. The highest BCUT2D eigenvalue weighted by molar-refractivity contribution is 5.94. The van der Waals surface area contributed by atoms with Gasteiger partial charge in [-0.3, -0.25) is 9.59 Å². The Bertz CT molecular complexity index is 787. The highest BCUT2D eigenvalue weighted by Crippen LogP contribution is 2.47. The quantitative estimate of drug-likeness (QED) is 0.838. The van der Waals surface area contributed by atoms with Crippen molar-refractivity contribution in [2.45, 2.75) is 38.0 Å². The lowest BCUT2D eigenvalue weighted by Crippen LogP contribution is -2.48. The average molecular weight is 351 g/mol. The lowest BCUT2D eigenvalue weighted by molar-refractivity contribution is -0.145. The number of carbonyl (C=O) groups is 2. The number of carbonyl (C=O) groups excluding carboxylic acids is 2. The molecule has 136 valence electrons. The molecule has 4 nitrogen and oxygen atoms in total. The zero-order valence-electron chi connectivity index (χ0n) is 15.3. The Balaban J connectivity index is 2.18. The minimum Gasteiger partial charge on any atom is -0.466 e. The number of hydrogen-bond acceptors (Lipinski definition) is 3. The molecule has 1 amide bonds. The third-order valence-electron chi connectivity index (χ3n) is 5.17. The molecule has 0 saturated heterocycles. The van der Waals surface area contributed by atoms with E-state index >= 15 is 0 Å². The summed E-state index contributed by atoms with van der Waals surface area (Å²) in [5.74, 6) is -0.545. The number of rotatable bonds is 5. The van der Waals surface area contributed by atoms with E-state index in [2.05, 4.69) is 5.32 Å². The van der Waals surface area contributed by atoms with E-state index < -0.39 is 5.41 Å². The first-order valence-electron chi connectivity index (χ1n) is 9.25. The number of nitrogens with one attached hydrogen (secondary N) is 1. The van der Waals surface area contributed by atoms with Crippen LogP contribution in [0.15, 0.2) is 54.6 Å². The SMILES string of the molecule is CCNC(=O)C1(c2ccccc2)CCC(C(=O)OCC)c2ccccc21. The summed E-state index contributed by atoms with van der Waals surface area (Å²) >= 11 is 0. The van der Waals surface area contributed by atoms with E-state index in [4.69, 9.17) is 4.74 Å². The van der Waals surface area contributed by atoms with Gasteiger partial charge < -0.3 is 10.1 Å².